The lowest BCUT2D eigenvalue weighted by molar-refractivity contribution is -0.133. The summed E-state index contributed by atoms with van der Waals surface area (Å²) in [5.41, 5.74) is -0.979. The van der Waals surface area contributed by atoms with Crippen molar-refractivity contribution in [1.82, 2.24) is 0 Å². The predicted molar refractivity (Wildman–Crippen MR) is 79.3 cm³/mol. The molecule has 3 rings (SSSR count). The molecule has 1 atom stereocenters. The highest BCUT2D eigenvalue weighted by molar-refractivity contribution is 6.31. The van der Waals surface area contributed by atoms with Crippen molar-refractivity contribution in [2.24, 2.45) is 0 Å². The monoisotopic (exact) mass is 319 g/mol. The van der Waals surface area contributed by atoms with Gasteiger partial charge in [0.05, 0.1) is 11.4 Å². The van der Waals surface area contributed by atoms with E-state index < -0.39 is 29.5 Å². The number of Topliss-reactive ketones (excluding diaryl/α,β-unsaturated/α-hetero) is 1. The second kappa shape index (κ2) is 5.19. The van der Waals surface area contributed by atoms with Crippen molar-refractivity contribution in [3.8, 4) is 0 Å². The Balaban J connectivity index is 1.93. The van der Waals surface area contributed by atoms with E-state index in [0.717, 1.165) is 6.07 Å². The number of ketones is 1. The summed E-state index contributed by atoms with van der Waals surface area (Å²) in [6.45, 7) is 0. The molecule has 0 saturated carbocycles. The molecule has 0 radical (unpaired) electrons. The van der Waals surface area contributed by atoms with Gasteiger partial charge in [-0.15, -0.1) is 0 Å². The van der Waals surface area contributed by atoms with Crippen molar-refractivity contribution in [3.63, 3.8) is 0 Å². The van der Waals surface area contributed by atoms with Gasteiger partial charge in [-0.25, -0.2) is 4.39 Å². The van der Waals surface area contributed by atoms with Crippen LogP contribution in [0.5, 0.6) is 0 Å². The number of hydrogen-bond donors (Lipinski definition) is 2. The lowest BCUT2D eigenvalue weighted by Gasteiger charge is -2.20. The number of carbonyl (C=O) groups excluding carboxylic acids is 2. The van der Waals surface area contributed by atoms with E-state index in [-0.39, 0.29) is 10.6 Å². The van der Waals surface area contributed by atoms with E-state index in [2.05, 4.69) is 5.32 Å². The predicted octanol–water partition coefficient (Wildman–Crippen LogP) is 2.89. The van der Waals surface area contributed by atoms with Crippen LogP contribution in [0.1, 0.15) is 22.3 Å². The summed E-state index contributed by atoms with van der Waals surface area (Å²) >= 11 is 5.65. The Kier molecular flexibility index (Phi) is 3.47. The second-order valence-corrected chi connectivity index (χ2v) is 5.50. The summed E-state index contributed by atoms with van der Waals surface area (Å²) in [4.78, 5) is 24.3. The summed E-state index contributed by atoms with van der Waals surface area (Å²) < 4.78 is 13.1. The molecule has 2 aromatic carbocycles. The van der Waals surface area contributed by atoms with Gasteiger partial charge in [0.25, 0.3) is 5.91 Å². The van der Waals surface area contributed by atoms with Crippen molar-refractivity contribution < 1.29 is 19.1 Å². The van der Waals surface area contributed by atoms with Gasteiger partial charge in [0, 0.05) is 16.8 Å². The minimum Gasteiger partial charge on any atom is -0.375 e. The SMILES string of the molecule is O=C(CC1(O)C(=O)Nc2ccccc21)c1ccc(F)c(Cl)c1. The molecule has 1 aliphatic heterocycles. The summed E-state index contributed by atoms with van der Waals surface area (Å²) in [7, 11) is 0. The molecule has 2 N–H and O–H groups in total. The first kappa shape index (κ1) is 14.7. The van der Waals surface area contributed by atoms with Crippen molar-refractivity contribution in [2.75, 3.05) is 5.32 Å². The van der Waals surface area contributed by atoms with E-state index in [9.17, 15) is 19.1 Å². The van der Waals surface area contributed by atoms with Gasteiger partial charge in [0.15, 0.2) is 11.4 Å². The zero-order valence-corrected chi connectivity index (χ0v) is 12.0. The topological polar surface area (TPSA) is 66.4 Å². The van der Waals surface area contributed by atoms with Gasteiger partial charge in [0.2, 0.25) is 0 Å². The van der Waals surface area contributed by atoms with Crippen LogP contribution in [0.15, 0.2) is 42.5 Å². The van der Waals surface area contributed by atoms with E-state index in [4.69, 9.17) is 11.6 Å². The Hall–Kier alpha value is -2.24. The maximum absolute atomic E-state index is 13.1. The third-order valence-electron chi connectivity index (χ3n) is 3.65. The number of benzene rings is 2. The largest absolute Gasteiger partial charge is 0.375 e. The molecule has 1 aliphatic rings. The number of rotatable bonds is 3. The first-order chi connectivity index (χ1) is 10.4. The van der Waals surface area contributed by atoms with E-state index in [1.807, 2.05) is 0 Å². The number of fused-ring (bicyclic) bond motifs is 1. The normalized spacial score (nSPS) is 19.7. The van der Waals surface area contributed by atoms with Crippen LogP contribution in [0.2, 0.25) is 5.02 Å². The van der Waals surface area contributed by atoms with Gasteiger partial charge in [-0.05, 0) is 24.3 Å². The third kappa shape index (κ3) is 2.28. The number of aliphatic hydroxyl groups is 1. The molecule has 1 amide bonds. The van der Waals surface area contributed by atoms with E-state index in [0.29, 0.717) is 11.3 Å². The molecule has 6 heteroatoms. The first-order valence-electron chi connectivity index (χ1n) is 6.53. The van der Waals surface area contributed by atoms with Crippen molar-refractivity contribution in [3.05, 3.63) is 64.4 Å². The standard InChI is InChI=1S/C16H11ClFNO3/c17-11-7-9(5-6-12(11)18)14(20)8-16(22)10-3-1-2-4-13(10)19-15(16)21/h1-7,22H,8H2,(H,19,21). The molecular formula is C16H11ClFNO3. The molecule has 112 valence electrons. The smallest absolute Gasteiger partial charge is 0.261 e. The zero-order valence-electron chi connectivity index (χ0n) is 11.3. The molecule has 1 heterocycles. The van der Waals surface area contributed by atoms with E-state index >= 15 is 0 Å². The first-order valence-corrected chi connectivity index (χ1v) is 6.91. The van der Waals surface area contributed by atoms with Crippen molar-refractivity contribution in [2.45, 2.75) is 12.0 Å². The average molecular weight is 320 g/mol. The average Bonchev–Trinajstić information content (AvgIpc) is 2.74. The van der Waals surface area contributed by atoms with E-state index in [1.165, 1.54) is 12.1 Å². The Morgan fingerprint density at radius 3 is 2.73 bits per heavy atom. The summed E-state index contributed by atoms with van der Waals surface area (Å²) in [6, 6.07) is 10.1. The molecule has 4 nitrogen and oxygen atoms in total. The fourth-order valence-corrected chi connectivity index (χ4v) is 2.66. The second-order valence-electron chi connectivity index (χ2n) is 5.09. The third-order valence-corrected chi connectivity index (χ3v) is 3.94. The van der Waals surface area contributed by atoms with Crippen LogP contribution in [0.4, 0.5) is 10.1 Å². The van der Waals surface area contributed by atoms with Crippen LogP contribution in [0, 0.1) is 5.82 Å². The zero-order chi connectivity index (χ0) is 15.9. The molecule has 0 aliphatic carbocycles. The Labute approximate surface area is 130 Å². The van der Waals surface area contributed by atoms with Crippen LogP contribution >= 0.6 is 11.6 Å². The fraction of sp³-hybridized carbons (Fsp3) is 0.125. The number of para-hydroxylation sites is 1. The Morgan fingerprint density at radius 1 is 1.27 bits per heavy atom. The molecule has 0 fully saturated rings. The number of amides is 1. The summed E-state index contributed by atoms with van der Waals surface area (Å²) in [6.07, 6.45) is -0.447. The molecule has 0 aromatic heterocycles. The maximum Gasteiger partial charge on any atom is 0.261 e. The molecular weight excluding hydrogens is 309 g/mol. The Morgan fingerprint density at radius 2 is 2.00 bits per heavy atom. The fourth-order valence-electron chi connectivity index (χ4n) is 2.48. The molecule has 22 heavy (non-hydrogen) atoms. The lowest BCUT2D eigenvalue weighted by Crippen LogP contribution is -2.36. The highest BCUT2D eigenvalue weighted by Crippen LogP contribution is 2.38. The van der Waals surface area contributed by atoms with Gasteiger partial charge in [0.1, 0.15) is 5.82 Å². The molecule has 1 unspecified atom stereocenters. The highest BCUT2D eigenvalue weighted by atomic mass is 35.5. The molecule has 0 saturated heterocycles. The summed E-state index contributed by atoms with van der Waals surface area (Å²) in [5.74, 6) is -1.80. The van der Waals surface area contributed by atoms with Crippen molar-refractivity contribution >= 4 is 29.0 Å². The van der Waals surface area contributed by atoms with Crippen molar-refractivity contribution in [1.29, 1.82) is 0 Å². The van der Waals surface area contributed by atoms with Crippen LogP contribution < -0.4 is 5.32 Å². The Bertz CT molecular complexity index is 793. The minimum absolute atomic E-state index is 0.136. The van der Waals surface area contributed by atoms with Gasteiger partial charge in [-0.3, -0.25) is 9.59 Å². The van der Waals surface area contributed by atoms with E-state index in [1.54, 1.807) is 24.3 Å². The number of carbonyl (C=O) groups is 2. The van der Waals surface area contributed by atoms with Crippen LogP contribution in [-0.2, 0) is 10.4 Å². The number of anilines is 1. The maximum atomic E-state index is 13.1. The van der Waals surface area contributed by atoms with Gasteiger partial charge >= 0.3 is 0 Å². The molecule has 2 aromatic rings. The van der Waals surface area contributed by atoms with Crippen LogP contribution in [0.25, 0.3) is 0 Å². The van der Waals surface area contributed by atoms with Gasteiger partial charge in [-0.2, -0.15) is 0 Å². The van der Waals surface area contributed by atoms with Crippen LogP contribution in [0.3, 0.4) is 0 Å². The van der Waals surface area contributed by atoms with Gasteiger partial charge in [-0.1, -0.05) is 29.8 Å². The highest BCUT2D eigenvalue weighted by Gasteiger charge is 2.46. The van der Waals surface area contributed by atoms with Gasteiger partial charge < -0.3 is 10.4 Å². The summed E-state index contributed by atoms with van der Waals surface area (Å²) in [5, 5.41) is 13.0. The number of halogens is 2. The number of hydrogen-bond acceptors (Lipinski definition) is 3. The lowest BCUT2D eigenvalue weighted by atomic mass is 9.88. The minimum atomic E-state index is -1.94. The van der Waals surface area contributed by atoms with Crippen LogP contribution in [-0.4, -0.2) is 16.8 Å². The molecule has 0 bridgehead atoms. The quantitative estimate of drug-likeness (QED) is 0.855. The number of nitrogens with one attached hydrogen (secondary N) is 1. The molecule has 0 spiro atoms.